The van der Waals surface area contributed by atoms with E-state index in [1.807, 2.05) is 12.1 Å². The summed E-state index contributed by atoms with van der Waals surface area (Å²) < 4.78 is 5.21. The van der Waals surface area contributed by atoms with Crippen LogP contribution in [0, 0.1) is 11.8 Å². The van der Waals surface area contributed by atoms with Gasteiger partial charge in [0.05, 0.1) is 7.11 Å². The number of likely N-dealkylation sites (tertiary alicyclic amines) is 1. The Morgan fingerprint density at radius 2 is 1.84 bits per heavy atom. The van der Waals surface area contributed by atoms with Crippen LogP contribution in [0.5, 0.6) is 5.75 Å². The normalized spacial score (nSPS) is 24.5. The van der Waals surface area contributed by atoms with Crippen LogP contribution in [0.15, 0.2) is 24.3 Å². The highest BCUT2D eigenvalue weighted by Gasteiger charge is 2.31. The molecule has 0 spiro atoms. The van der Waals surface area contributed by atoms with Gasteiger partial charge in [-0.2, -0.15) is 0 Å². The third kappa shape index (κ3) is 5.35. The molecule has 0 aromatic heterocycles. The van der Waals surface area contributed by atoms with E-state index in [1.54, 1.807) is 7.11 Å². The number of nitrogens with two attached hydrogens (primary N) is 1. The molecule has 1 aromatic rings. The van der Waals surface area contributed by atoms with Gasteiger partial charge in [0.1, 0.15) is 5.75 Å². The maximum absolute atomic E-state index is 12.7. The SMILES string of the molecule is COc1ccc(CC2CCN(C(=O)C3CCCC(N)C3)CC2)cc1.Cl. The number of amides is 1. The first-order valence-corrected chi connectivity index (χ1v) is 9.33. The van der Waals surface area contributed by atoms with E-state index < -0.39 is 0 Å². The third-order valence-corrected chi connectivity index (χ3v) is 5.67. The summed E-state index contributed by atoms with van der Waals surface area (Å²) in [5, 5.41) is 0. The highest BCUT2D eigenvalue weighted by Crippen LogP contribution is 2.28. The molecule has 4 nitrogen and oxygen atoms in total. The lowest BCUT2D eigenvalue weighted by atomic mass is 9.84. The molecule has 2 atom stereocenters. The Balaban J connectivity index is 0.00000225. The molecular formula is C20H31ClN2O2. The predicted octanol–water partition coefficient (Wildman–Crippen LogP) is 3.42. The summed E-state index contributed by atoms with van der Waals surface area (Å²) in [6, 6.07) is 8.58. The van der Waals surface area contributed by atoms with Gasteiger partial charge < -0.3 is 15.4 Å². The number of hydrogen-bond acceptors (Lipinski definition) is 3. The van der Waals surface area contributed by atoms with Crippen LogP contribution in [0.1, 0.15) is 44.1 Å². The zero-order chi connectivity index (χ0) is 16.9. The molecule has 1 heterocycles. The minimum absolute atomic E-state index is 0. The third-order valence-electron chi connectivity index (χ3n) is 5.67. The summed E-state index contributed by atoms with van der Waals surface area (Å²) in [5.41, 5.74) is 7.40. The Morgan fingerprint density at radius 3 is 2.44 bits per heavy atom. The van der Waals surface area contributed by atoms with Crippen molar-refractivity contribution in [2.45, 2.75) is 51.0 Å². The van der Waals surface area contributed by atoms with Gasteiger partial charge in [-0.25, -0.2) is 0 Å². The standard InChI is InChI=1S/C20H30N2O2.ClH/c1-24-19-7-5-15(6-8-19)13-16-9-11-22(12-10-16)20(23)17-3-2-4-18(21)14-17;/h5-8,16-18H,2-4,9-14,21H2,1H3;1H. The predicted molar refractivity (Wildman–Crippen MR) is 103 cm³/mol. The Morgan fingerprint density at radius 1 is 1.16 bits per heavy atom. The second-order valence-electron chi connectivity index (χ2n) is 7.44. The fourth-order valence-corrected chi connectivity index (χ4v) is 4.16. The molecule has 140 valence electrons. The fraction of sp³-hybridized carbons (Fsp3) is 0.650. The van der Waals surface area contributed by atoms with E-state index in [2.05, 4.69) is 17.0 Å². The smallest absolute Gasteiger partial charge is 0.225 e. The number of nitrogens with zero attached hydrogens (tertiary/aromatic N) is 1. The van der Waals surface area contributed by atoms with Crippen molar-refractivity contribution in [2.75, 3.05) is 20.2 Å². The van der Waals surface area contributed by atoms with E-state index in [0.29, 0.717) is 11.8 Å². The maximum atomic E-state index is 12.7. The lowest BCUT2D eigenvalue weighted by Gasteiger charge is -2.36. The highest BCUT2D eigenvalue weighted by atomic mass is 35.5. The van der Waals surface area contributed by atoms with Crippen molar-refractivity contribution in [1.82, 2.24) is 4.90 Å². The van der Waals surface area contributed by atoms with Crippen molar-refractivity contribution < 1.29 is 9.53 Å². The summed E-state index contributed by atoms with van der Waals surface area (Å²) in [4.78, 5) is 14.8. The summed E-state index contributed by atoms with van der Waals surface area (Å²) in [5.74, 6) is 2.11. The molecule has 1 aliphatic carbocycles. The van der Waals surface area contributed by atoms with E-state index in [9.17, 15) is 4.79 Å². The van der Waals surface area contributed by atoms with E-state index in [-0.39, 0.29) is 24.4 Å². The van der Waals surface area contributed by atoms with Crippen molar-refractivity contribution in [3.05, 3.63) is 29.8 Å². The van der Waals surface area contributed by atoms with Crippen LogP contribution in [-0.4, -0.2) is 37.0 Å². The fourth-order valence-electron chi connectivity index (χ4n) is 4.16. The van der Waals surface area contributed by atoms with Gasteiger partial charge in [-0.05, 0) is 62.1 Å². The van der Waals surface area contributed by atoms with Gasteiger partial charge in [0.15, 0.2) is 0 Å². The Hall–Kier alpha value is -1.26. The molecule has 1 amide bonds. The van der Waals surface area contributed by atoms with Crippen LogP contribution >= 0.6 is 12.4 Å². The molecule has 1 aromatic carbocycles. The Labute approximate surface area is 157 Å². The minimum Gasteiger partial charge on any atom is -0.497 e. The first kappa shape index (κ1) is 20.1. The van der Waals surface area contributed by atoms with Gasteiger partial charge >= 0.3 is 0 Å². The monoisotopic (exact) mass is 366 g/mol. The largest absolute Gasteiger partial charge is 0.497 e. The second-order valence-corrected chi connectivity index (χ2v) is 7.44. The van der Waals surface area contributed by atoms with Crippen molar-refractivity contribution >= 4 is 18.3 Å². The van der Waals surface area contributed by atoms with Crippen molar-refractivity contribution in [1.29, 1.82) is 0 Å². The average molecular weight is 367 g/mol. The van der Waals surface area contributed by atoms with Crippen LogP contribution in [0.2, 0.25) is 0 Å². The number of carbonyl (C=O) groups is 1. The van der Waals surface area contributed by atoms with Crippen LogP contribution < -0.4 is 10.5 Å². The number of halogens is 1. The summed E-state index contributed by atoms with van der Waals surface area (Å²) in [6.07, 6.45) is 7.40. The van der Waals surface area contributed by atoms with Gasteiger partial charge in [-0.3, -0.25) is 4.79 Å². The maximum Gasteiger partial charge on any atom is 0.225 e. The summed E-state index contributed by atoms with van der Waals surface area (Å²) in [6.45, 7) is 1.82. The molecule has 2 N–H and O–H groups in total. The molecule has 2 fully saturated rings. The number of hydrogen-bond donors (Lipinski definition) is 1. The molecular weight excluding hydrogens is 336 g/mol. The zero-order valence-corrected chi connectivity index (χ0v) is 16.0. The number of ether oxygens (including phenoxy) is 1. The first-order valence-electron chi connectivity index (χ1n) is 9.33. The lowest BCUT2D eigenvalue weighted by Crippen LogP contribution is -2.44. The number of methoxy groups -OCH3 is 1. The molecule has 1 aliphatic heterocycles. The molecule has 5 heteroatoms. The molecule has 0 bridgehead atoms. The summed E-state index contributed by atoms with van der Waals surface area (Å²) in [7, 11) is 1.70. The van der Waals surface area contributed by atoms with Gasteiger partial charge in [0.2, 0.25) is 5.91 Å². The highest BCUT2D eigenvalue weighted by molar-refractivity contribution is 5.85. The number of rotatable bonds is 4. The van der Waals surface area contributed by atoms with Crippen molar-refractivity contribution in [3.63, 3.8) is 0 Å². The van der Waals surface area contributed by atoms with Gasteiger partial charge in [-0.15, -0.1) is 12.4 Å². The first-order chi connectivity index (χ1) is 11.7. The molecule has 2 aliphatic rings. The topological polar surface area (TPSA) is 55.6 Å². The number of carbonyl (C=O) groups excluding carboxylic acids is 1. The van der Waals surface area contributed by atoms with Crippen LogP contribution in [0.25, 0.3) is 0 Å². The average Bonchev–Trinajstić information content (AvgIpc) is 2.62. The molecule has 25 heavy (non-hydrogen) atoms. The van der Waals surface area contributed by atoms with Crippen LogP contribution in [-0.2, 0) is 11.2 Å². The number of piperidine rings is 1. The van der Waals surface area contributed by atoms with Crippen LogP contribution in [0.3, 0.4) is 0 Å². The Bertz CT molecular complexity index is 541. The molecule has 1 saturated heterocycles. The summed E-state index contributed by atoms with van der Waals surface area (Å²) >= 11 is 0. The molecule has 1 saturated carbocycles. The van der Waals surface area contributed by atoms with Gasteiger partial charge in [0, 0.05) is 25.0 Å². The quantitative estimate of drug-likeness (QED) is 0.888. The van der Waals surface area contributed by atoms with E-state index >= 15 is 0 Å². The Kier molecular flexibility index (Phi) is 7.57. The molecule has 2 unspecified atom stereocenters. The second kappa shape index (κ2) is 9.44. The minimum atomic E-state index is 0. The van der Waals surface area contributed by atoms with Crippen molar-refractivity contribution in [3.8, 4) is 5.75 Å². The van der Waals surface area contributed by atoms with Crippen molar-refractivity contribution in [2.24, 2.45) is 17.6 Å². The number of benzene rings is 1. The van der Waals surface area contributed by atoms with Gasteiger partial charge in [0.25, 0.3) is 0 Å². The molecule has 0 radical (unpaired) electrons. The lowest BCUT2D eigenvalue weighted by molar-refractivity contribution is -0.138. The molecule has 3 rings (SSSR count). The van der Waals surface area contributed by atoms with Gasteiger partial charge in [-0.1, -0.05) is 18.6 Å². The van der Waals surface area contributed by atoms with E-state index in [1.165, 1.54) is 5.56 Å². The van der Waals surface area contributed by atoms with E-state index in [0.717, 1.165) is 63.8 Å². The zero-order valence-electron chi connectivity index (χ0n) is 15.2. The van der Waals surface area contributed by atoms with E-state index in [4.69, 9.17) is 10.5 Å². The van der Waals surface area contributed by atoms with Crippen LogP contribution in [0.4, 0.5) is 0 Å².